The predicted molar refractivity (Wildman–Crippen MR) is 109 cm³/mol. The van der Waals surface area contributed by atoms with Crippen molar-refractivity contribution in [2.45, 2.75) is 39.2 Å². The highest BCUT2D eigenvalue weighted by Gasteiger charge is 2.31. The molecule has 156 valence electrons. The van der Waals surface area contributed by atoms with E-state index < -0.39 is 24.0 Å². The number of para-hydroxylation sites is 1. The average molecular weight is 409 g/mol. The number of fused-ring (bicyclic) bond motifs is 2. The van der Waals surface area contributed by atoms with Crippen LogP contribution in [0.2, 0.25) is 0 Å². The van der Waals surface area contributed by atoms with Crippen molar-refractivity contribution in [3.8, 4) is 0 Å². The highest BCUT2D eigenvalue weighted by atomic mass is 16.5. The minimum absolute atomic E-state index is 0.200. The first kappa shape index (κ1) is 19.9. The second-order valence-corrected chi connectivity index (χ2v) is 7.29. The van der Waals surface area contributed by atoms with Crippen molar-refractivity contribution >= 4 is 28.9 Å². The number of aromatic nitrogens is 1. The molecule has 2 N–H and O–H groups in total. The first-order chi connectivity index (χ1) is 14.5. The minimum atomic E-state index is -0.558. The zero-order chi connectivity index (χ0) is 21.3. The van der Waals surface area contributed by atoms with E-state index in [0.717, 1.165) is 41.4 Å². The summed E-state index contributed by atoms with van der Waals surface area (Å²) in [7, 11) is 0. The molecule has 1 aliphatic heterocycles. The fourth-order valence-electron chi connectivity index (χ4n) is 4.05. The Morgan fingerprint density at radius 2 is 1.97 bits per heavy atom. The summed E-state index contributed by atoms with van der Waals surface area (Å²) >= 11 is 0. The van der Waals surface area contributed by atoms with Crippen molar-refractivity contribution < 1.29 is 23.9 Å². The van der Waals surface area contributed by atoms with Gasteiger partial charge in [-0.2, -0.15) is 0 Å². The third-order valence-corrected chi connectivity index (χ3v) is 5.34. The van der Waals surface area contributed by atoms with E-state index in [1.165, 1.54) is 0 Å². The molecule has 8 heteroatoms. The van der Waals surface area contributed by atoms with E-state index in [1.807, 2.05) is 24.3 Å². The topological polar surface area (TPSA) is 107 Å². The van der Waals surface area contributed by atoms with Crippen molar-refractivity contribution in [3.05, 3.63) is 52.4 Å². The van der Waals surface area contributed by atoms with E-state index in [2.05, 4.69) is 15.6 Å². The number of hydrogen-bond donors (Lipinski definition) is 2. The number of urea groups is 1. The Balaban J connectivity index is 1.65. The first-order valence-corrected chi connectivity index (χ1v) is 10.0. The molecule has 0 spiro atoms. The highest BCUT2D eigenvalue weighted by molar-refractivity contribution is 6.05. The maximum Gasteiger partial charge on any atom is 0.339 e. The maximum atomic E-state index is 13.1. The molecule has 2 amide bonds. The monoisotopic (exact) mass is 409 g/mol. The summed E-state index contributed by atoms with van der Waals surface area (Å²) in [5, 5.41) is 5.93. The van der Waals surface area contributed by atoms with Gasteiger partial charge in [0.25, 0.3) is 0 Å². The standard InChI is InChI=1S/C22H23N3O5/c1-3-29-20(26)18-12(2)23-22(28)25-17(18)11-30-21(27)19-13-7-4-5-9-15(13)24-16-10-6-8-14(16)19/h4-5,7,9,12H,3,6,8,10-11H2,1-2H3,(H2,23,25,28)/t12-/m1/s1. The van der Waals surface area contributed by atoms with Crippen LogP contribution in [0.25, 0.3) is 10.9 Å². The van der Waals surface area contributed by atoms with Crippen molar-refractivity contribution in [2.75, 3.05) is 13.2 Å². The number of esters is 2. The largest absolute Gasteiger partial charge is 0.463 e. The molecule has 1 aliphatic carbocycles. The lowest BCUT2D eigenvalue weighted by molar-refractivity contribution is -0.139. The van der Waals surface area contributed by atoms with Crippen LogP contribution < -0.4 is 10.6 Å². The Kier molecular flexibility index (Phi) is 5.39. The lowest BCUT2D eigenvalue weighted by atomic mass is 10.0. The fourth-order valence-corrected chi connectivity index (χ4v) is 4.05. The molecule has 2 heterocycles. The van der Waals surface area contributed by atoms with Gasteiger partial charge in [0.15, 0.2) is 0 Å². The molecule has 4 rings (SSSR count). The third-order valence-electron chi connectivity index (χ3n) is 5.34. The van der Waals surface area contributed by atoms with Gasteiger partial charge in [-0.1, -0.05) is 18.2 Å². The van der Waals surface area contributed by atoms with Crippen molar-refractivity contribution in [1.29, 1.82) is 0 Å². The number of carbonyl (C=O) groups excluding carboxylic acids is 3. The van der Waals surface area contributed by atoms with E-state index in [0.29, 0.717) is 5.56 Å². The first-order valence-electron chi connectivity index (χ1n) is 10.0. The molecule has 30 heavy (non-hydrogen) atoms. The molecule has 0 saturated heterocycles. The molecule has 0 saturated carbocycles. The molecule has 0 bridgehead atoms. The Morgan fingerprint density at radius 1 is 1.17 bits per heavy atom. The molecule has 1 aromatic carbocycles. The van der Waals surface area contributed by atoms with Crippen LogP contribution >= 0.6 is 0 Å². The molecule has 2 aromatic rings. The quantitative estimate of drug-likeness (QED) is 0.735. The molecule has 1 atom stereocenters. The zero-order valence-electron chi connectivity index (χ0n) is 16.9. The summed E-state index contributed by atoms with van der Waals surface area (Å²) in [6.45, 7) is 3.34. The summed E-state index contributed by atoms with van der Waals surface area (Å²) < 4.78 is 10.7. The van der Waals surface area contributed by atoms with Crippen LogP contribution in [0.15, 0.2) is 35.5 Å². The van der Waals surface area contributed by atoms with Crippen LogP contribution in [0.4, 0.5) is 4.79 Å². The Hall–Kier alpha value is -3.42. The van der Waals surface area contributed by atoms with Crippen molar-refractivity contribution in [1.82, 2.24) is 15.6 Å². The molecule has 0 unspecified atom stereocenters. The van der Waals surface area contributed by atoms with E-state index in [9.17, 15) is 14.4 Å². The second-order valence-electron chi connectivity index (χ2n) is 7.29. The lowest BCUT2D eigenvalue weighted by Gasteiger charge is -2.26. The Labute approximate surface area is 173 Å². The molecule has 1 aromatic heterocycles. The smallest absolute Gasteiger partial charge is 0.339 e. The van der Waals surface area contributed by atoms with E-state index in [4.69, 9.17) is 9.47 Å². The fraction of sp³-hybridized carbons (Fsp3) is 0.364. The molecular weight excluding hydrogens is 386 g/mol. The van der Waals surface area contributed by atoms with Crippen LogP contribution in [0, 0.1) is 0 Å². The van der Waals surface area contributed by atoms with E-state index in [1.54, 1.807) is 13.8 Å². The van der Waals surface area contributed by atoms with Gasteiger partial charge in [0, 0.05) is 11.1 Å². The van der Waals surface area contributed by atoms with Crippen LogP contribution in [0.3, 0.4) is 0 Å². The number of rotatable bonds is 5. The molecule has 0 fully saturated rings. The van der Waals surface area contributed by atoms with Gasteiger partial charge in [-0.3, -0.25) is 4.98 Å². The van der Waals surface area contributed by atoms with Crippen molar-refractivity contribution in [3.63, 3.8) is 0 Å². The highest BCUT2D eigenvalue weighted by Crippen LogP contribution is 2.30. The number of carbonyl (C=O) groups is 3. The van der Waals surface area contributed by atoms with Gasteiger partial charge in [0.1, 0.15) is 6.61 Å². The number of amides is 2. The lowest BCUT2D eigenvalue weighted by Crippen LogP contribution is -2.50. The number of benzene rings is 1. The average Bonchev–Trinajstić information content (AvgIpc) is 3.17. The summed E-state index contributed by atoms with van der Waals surface area (Å²) in [5.41, 5.74) is 3.58. The maximum absolute atomic E-state index is 13.1. The van der Waals surface area contributed by atoms with Gasteiger partial charge >= 0.3 is 18.0 Å². The van der Waals surface area contributed by atoms with Gasteiger partial charge in [0.05, 0.1) is 35.0 Å². The van der Waals surface area contributed by atoms with Gasteiger partial charge in [-0.25, -0.2) is 14.4 Å². The Morgan fingerprint density at radius 3 is 2.77 bits per heavy atom. The molecular formula is C22H23N3O5. The summed E-state index contributed by atoms with van der Waals surface area (Å²) in [5.74, 6) is -1.05. The number of ether oxygens (including phenoxy) is 2. The second kappa shape index (κ2) is 8.14. The summed E-state index contributed by atoms with van der Waals surface area (Å²) in [4.78, 5) is 42.0. The van der Waals surface area contributed by atoms with Crippen molar-refractivity contribution in [2.24, 2.45) is 0 Å². The van der Waals surface area contributed by atoms with Gasteiger partial charge in [0.2, 0.25) is 0 Å². The van der Waals surface area contributed by atoms with E-state index >= 15 is 0 Å². The van der Waals surface area contributed by atoms with Crippen LogP contribution in [-0.2, 0) is 27.1 Å². The zero-order valence-corrected chi connectivity index (χ0v) is 16.9. The normalized spacial score (nSPS) is 17.9. The SMILES string of the molecule is CCOC(=O)C1=C(COC(=O)c2c3c(nc4ccccc24)CCC3)NC(=O)N[C@@H]1C. The molecule has 2 aliphatic rings. The van der Waals surface area contributed by atoms with Crippen LogP contribution in [0.5, 0.6) is 0 Å². The number of pyridine rings is 1. The van der Waals surface area contributed by atoms with Gasteiger partial charge < -0.3 is 20.1 Å². The molecule has 8 nitrogen and oxygen atoms in total. The van der Waals surface area contributed by atoms with E-state index in [-0.39, 0.29) is 24.5 Å². The number of nitrogens with one attached hydrogen (secondary N) is 2. The minimum Gasteiger partial charge on any atom is -0.463 e. The van der Waals surface area contributed by atoms with Crippen LogP contribution in [0.1, 0.15) is 41.9 Å². The number of hydrogen-bond acceptors (Lipinski definition) is 6. The van der Waals surface area contributed by atoms with Gasteiger partial charge in [-0.05, 0) is 44.7 Å². The summed E-state index contributed by atoms with van der Waals surface area (Å²) in [6.07, 6.45) is 2.54. The molecule has 0 radical (unpaired) electrons. The van der Waals surface area contributed by atoms with Crippen LogP contribution in [-0.4, -0.2) is 42.2 Å². The summed E-state index contributed by atoms with van der Waals surface area (Å²) in [6, 6.07) is 6.46. The number of nitrogens with zero attached hydrogens (tertiary/aromatic N) is 1. The predicted octanol–water partition coefficient (Wildman–Crippen LogP) is 2.40. The third kappa shape index (κ3) is 3.60. The Bertz CT molecular complexity index is 1080. The number of aryl methyl sites for hydroxylation is 1. The van der Waals surface area contributed by atoms with Gasteiger partial charge in [-0.15, -0.1) is 0 Å².